The molecule has 3 aromatic carbocycles. The molecule has 1 aliphatic rings. The molecule has 0 saturated heterocycles. The van der Waals surface area contributed by atoms with Crippen molar-refractivity contribution in [2.24, 2.45) is 0 Å². The average Bonchev–Trinajstić information content (AvgIpc) is 3.73. The molecular formula is C32H26F2N4O3. The minimum atomic E-state index is -0.658. The third-order valence-corrected chi connectivity index (χ3v) is 7.27. The summed E-state index contributed by atoms with van der Waals surface area (Å²) in [6.45, 7) is 3.66. The van der Waals surface area contributed by atoms with E-state index in [1.807, 2.05) is 13.8 Å². The fourth-order valence-electron chi connectivity index (χ4n) is 4.99. The number of aromatic nitrogens is 2. The Balaban J connectivity index is 1.47. The summed E-state index contributed by atoms with van der Waals surface area (Å²) < 4.78 is 35.9. The van der Waals surface area contributed by atoms with Crippen LogP contribution in [0.15, 0.2) is 71.4 Å². The van der Waals surface area contributed by atoms with Crippen molar-refractivity contribution in [3.8, 4) is 22.5 Å². The largest absolute Gasteiger partial charge is 0.455 e. The highest BCUT2D eigenvalue weighted by Gasteiger charge is 2.35. The Bertz CT molecular complexity index is 1810. The van der Waals surface area contributed by atoms with Gasteiger partial charge in [0.2, 0.25) is 0 Å². The fourth-order valence-corrected chi connectivity index (χ4v) is 4.99. The molecule has 0 spiro atoms. The molecule has 0 unspecified atom stereocenters. The summed E-state index contributed by atoms with van der Waals surface area (Å²) in [4.78, 5) is 37.1. The molecule has 0 radical (unpaired) electrons. The van der Waals surface area contributed by atoms with E-state index in [-0.39, 0.29) is 39.8 Å². The Labute approximate surface area is 234 Å². The van der Waals surface area contributed by atoms with Crippen LogP contribution >= 0.6 is 0 Å². The van der Waals surface area contributed by atoms with Crippen LogP contribution in [0.3, 0.4) is 0 Å². The second kappa shape index (κ2) is 10.2. The predicted molar refractivity (Wildman–Crippen MR) is 152 cm³/mol. The normalized spacial score (nSPS) is 12.9. The summed E-state index contributed by atoms with van der Waals surface area (Å²) >= 11 is 0. The van der Waals surface area contributed by atoms with Gasteiger partial charge in [-0.05, 0) is 86.3 Å². The standard InChI is InChI=1S/C32H26F2N4O3/c1-17-4-5-20(32(40)38(22-10-11-22)26-16-36-18(2)15-37-26)14-24(17)23-12-13-25-27(29(23)34)28(31(39)35-3)30(41-25)19-6-8-21(33)9-7-19/h4-9,12-16,22H,10-11H2,1-3H3,(H,35,39). The number of nitrogens with one attached hydrogen (secondary N) is 1. The molecule has 2 heterocycles. The van der Waals surface area contributed by atoms with Crippen LogP contribution in [-0.2, 0) is 0 Å². The maximum atomic E-state index is 16.4. The smallest absolute Gasteiger partial charge is 0.259 e. The van der Waals surface area contributed by atoms with Gasteiger partial charge in [-0.1, -0.05) is 6.07 Å². The van der Waals surface area contributed by atoms with Crippen LogP contribution < -0.4 is 10.2 Å². The van der Waals surface area contributed by atoms with Gasteiger partial charge >= 0.3 is 0 Å². The number of aryl methyl sites for hydroxylation is 2. The minimum absolute atomic E-state index is 0.00633. The van der Waals surface area contributed by atoms with Crippen LogP contribution in [0, 0.1) is 25.5 Å². The zero-order valence-corrected chi connectivity index (χ0v) is 22.7. The summed E-state index contributed by atoms with van der Waals surface area (Å²) in [6, 6.07) is 13.8. The molecule has 2 aromatic heterocycles. The van der Waals surface area contributed by atoms with Crippen LogP contribution in [0.1, 0.15) is 44.8 Å². The Kier molecular flexibility index (Phi) is 6.57. The molecule has 1 N–H and O–H groups in total. The van der Waals surface area contributed by atoms with Crippen molar-refractivity contribution in [1.29, 1.82) is 0 Å². The van der Waals surface area contributed by atoms with E-state index in [0.29, 0.717) is 22.5 Å². The third kappa shape index (κ3) is 4.73. The van der Waals surface area contributed by atoms with Crippen molar-refractivity contribution < 1.29 is 22.8 Å². The van der Waals surface area contributed by atoms with E-state index in [9.17, 15) is 14.0 Å². The molecule has 7 nitrogen and oxygen atoms in total. The Morgan fingerprint density at radius 3 is 2.37 bits per heavy atom. The zero-order valence-electron chi connectivity index (χ0n) is 22.7. The molecule has 0 atom stereocenters. The lowest BCUT2D eigenvalue weighted by molar-refractivity contribution is 0.0961. The predicted octanol–water partition coefficient (Wildman–Crippen LogP) is 6.62. The maximum absolute atomic E-state index is 16.4. The molecule has 1 saturated carbocycles. The molecule has 2 amide bonds. The van der Waals surface area contributed by atoms with E-state index >= 15 is 4.39 Å². The van der Waals surface area contributed by atoms with Crippen LogP contribution in [0.4, 0.5) is 14.6 Å². The van der Waals surface area contributed by atoms with Gasteiger partial charge in [0.1, 0.15) is 23.0 Å². The highest BCUT2D eigenvalue weighted by atomic mass is 19.1. The molecule has 206 valence electrons. The van der Waals surface area contributed by atoms with Crippen LogP contribution in [0.5, 0.6) is 0 Å². The second-order valence-corrected chi connectivity index (χ2v) is 10.1. The highest BCUT2D eigenvalue weighted by Crippen LogP contribution is 2.40. The van der Waals surface area contributed by atoms with E-state index < -0.39 is 17.5 Å². The summed E-state index contributed by atoms with van der Waals surface area (Å²) in [5, 5.41) is 2.56. The number of amides is 2. The van der Waals surface area contributed by atoms with Gasteiger partial charge in [0.05, 0.1) is 29.0 Å². The third-order valence-electron chi connectivity index (χ3n) is 7.27. The highest BCUT2D eigenvalue weighted by molar-refractivity contribution is 6.12. The first-order valence-electron chi connectivity index (χ1n) is 13.2. The molecule has 9 heteroatoms. The van der Waals surface area contributed by atoms with Crippen molar-refractivity contribution in [3.63, 3.8) is 0 Å². The maximum Gasteiger partial charge on any atom is 0.259 e. The summed E-state index contributed by atoms with van der Waals surface area (Å²) in [6.07, 6.45) is 4.94. The number of rotatable bonds is 6. The molecule has 41 heavy (non-hydrogen) atoms. The summed E-state index contributed by atoms with van der Waals surface area (Å²) in [5.74, 6) is -1.29. The first-order chi connectivity index (χ1) is 19.8. The van der Waals surface area contributed by atoms with Crippen LogP contribution in [0.2, 0.25) is 0 Å². The Morgan fingerprint density at radius 2 is 1.71 bits per heavy atom. The minimum Gasteiger partial charge on any atom is -0.455 e. The molecule has 1 fully saturated rings. The van der Waals surface area contributed by atoms with E-state index in [4.69, 9.17) is 4.42 Å². The lowest BCUT2D eigenvalue weighted by atomic mass is 9.94. The first kappa shape index (κ1) is 26.3. The molecule has 5 aromatic rings. The van der Waals surface area contributed by atoms with Gasteiger partial charge in [0.15, 0.2) is 5.82 Å². The number of carbonyl (C=O) groups excluding carboxylic acids is 2. The van der Waals surface area contributed by atoms with Crippen molar-refractivity contribution in [2.45, 2.75) is 32.7 Å². The van der Waals surface area contributed by atoms with Gasteiger partial charge in [0.25, 0.3) is 11.8 Å². The topological polar surface area (TPSA) is 88.3 Å². The number of benzene rings is 3. The molecule has 1 aliphatic carbocycles. The second-order valence-electron chi connectivity index (χ2n) is 10.1. The first-order valence-corrected chi connectivity index (χ1v) is 13.2. The fraction of sp³-hybridized carbons (Fsp3) is 0.188. The van der Waals surface area contributed by atoms with E-state index in [2.05, 4.69) is 15.3 Å². The molecule has 0 bridgehead atoms. The number of fused-ring (bicyclic) bond motifs is 1. The summed E-state index contributed by atoms with van der Waals surface area (Å²) in [5.41, 5.74) is 3.22. The number of hydrogen-bond acceptors (Lipinski definition) is 5. The summed E-state index contributed by atoms with van der Waals surface area (Å²) in [7, 11) is 1.45. The Morgan fingerprint density at radius 1 is 0.951 bits per heavy atom. The quantitative estimate of drug-likeness (QED) is 0.256. The number of halogens is 2. The Hall–Kier alpha value is -4.92. The van der Waals surface area contributed by atoms with Gasteiger partial charge in [-0.15, -0.1) is 0 Å². The van der Waals surface area contributed by atoms with Crippen molar-refractivity contribution >= 4 is 28.6 Å². The van der Waals surface area contributed by atoms with Gasteiger partial charge in [0, 0.05) is 29.8 Å². The van der Waals surface area contributed by atoms with Gasteiger partial charge < -0.3 is 9.73 Å². The number of furan rings is 1. The monoisotopic (exact) mass is 552 g/mol. The van der Waals surface area contributed by atoms with Crippen molar-refractivity contribution in [1.82, 2.24) is 15.3 Å². The van der Waals surface area contributed by atoms with Gasteiger partial charge in [-0.2, -0.15) is 0 Å². The number of nitrogens with zero attached hydrogens (tertiary/aromatic N) is 3. The molecular weight excluding hydrogens is 526 g/mol. The number of hydrogen-bond donors (Lipinski definition) is 1. The van der Waals surface area contributed by atoms with Crippen LogP contribution in [-0.4, -0.2) is 34.9 Å². The van der Waals surface area contributed by atoms with E-state index in [1.165, 1.54) is 31.3 Å². The van der Waals surface area contributed by atoms with E-state index in [1.54, 1.807) is 47.6 Å². The number of anilines is 1. The lowest BCUT2D eigenvalue weighted by Crippen LogP contribution is -2.34. The van der Waals surface area contributed by atoms with Gasteiger partial charge in [-0.3, -0.25) is 19.5 Å². The molecule has 6 rings (SSSR count). The SMILES string of the molecule is CNC(=O)c1c(-c2ccc(F)cc2)oc2ccc(-c3cc(C(=O)N(c4cnc(C)cn4)C4CC4)ccc3C)c(F)c12. The van der Waals surface area contributed by atoms with E-state index in [0.717, 1.165) is 24.1 Å². The molecule has 0 aliphatic heterocycles. The lowest BCUT2D eigenvalue weighted by Gasteiger charge is -2.22. The van der Waals surface area contributed by atoms with Crippen molar-refractivity contribution in [3.05, 3.63) is 101 Å². The van der Waals surface area contributed by atoms with Crippen LogP contribution in [0.25, 0.3) is 33.4 Å². The van der Waals surface area contributed by atoms with Gasteiger partial charge in [-0.25, -0.2) is 13.8 Å². The zero-order chi connectivity index (χ0) is 28.8. The average molecular weight is 553 g/mol. The number of carbonyl (C=O) groups is 2. The van der Waals surface area contributed by atoms with Crippen molar-refractivity contribution in [2.75, 3.05) is 11.9 Å².